The molecule has 4 aromatic rings. The molecule has 31 heavy (non-hydrogen) atoms. The molecule has 0 unspecified atom stereocenters. The Morgan fingerprint density at radius 3 is 2.68 bits per heavy atom. The van der Waals surface area contributed by atoms with Crippen molar-refractivity contribution in [1.82, 2.24) is 24.4 Å². The minimum atomic E-state index is -4.64. The van der Waals surface area contributed by atoms with Crippen LogP contribution in [-0.2, 0) is 12.9 Å². The SMILES string of the molecule is Cc1cc(C(F)(F)F)n2nc(C(=O)Nc3cnn(COc4ccc(Br)cc4)c3)cc2n1. The highest BCUT2D eigenvalue weighted by Crippen LogP contribution is 2.30. The largest absolute Gasteiger partial charge is 0.471 e. The van der Waals surface area contributed by atoms with Gasteiger partial charge in [0.05, 0.1) is 18.1 Å². The molecule has 0 aliphatic rings. The van der Waals surface area contributed by atoms with Crippen LogP contribution in [0.2, 0.25) is 0 Å². The Morgan fingerprint density at radius 1 is 1.23 bits per heavy atom. The Bertz CT molecular complexity index is 1250. The summed E-state index contributed by atoms with van der Waals surface area (Å²) >= 11 is 3.34. The molecule has 0 spiro atoms. The molecule has 0 saturated carbocycles. The fourth-order valence-corrected chi connectivity index (χ4v) is 3.04. The average molecular weight is 495 g/mol. The summed E-state index contributed by atoms with van der Waals surface area (Å²) in [6.07, 6.45) is -1.72. The molecule has 0 saturated heterocycles. The number of anilines is 1. The highest BCUT2D eigenvalue weighted by molar-refractivity contribution is 9.10. The van der Waals surface area contributed by atoms with Crippen molar-refractivity contribution in [3.05, 3.63) is 70.3 Å². The summed E-state index contributed by atoms with van der Waals surface area (Å²) in [7, 11) is 0. The number of nitrogens with one attached hydrogen (secondary N) is 1. The molecular weight excluding hydrogens is 481 g/mol. The lowest BCUT2D eigenvalue weighted by Gasteiger charge is -2.09. The van der Waals surface area contributed by atoms with Crippen LogP contribution < -0.4 is 10.1 Å². The number of rotatable bonds is 5. The zero-order valence-electron chi connectivity index (χ0n) is 15.9. The van der Waals surface area contributed by atoms with E-state index >= 15 is 0 Å². The number of halogens is 4. The van der Waals surface area contributed by atoms with Crippen molar-refractivity contribution in [1.29, 1.82) is 0 Å². The van der Waals surface area contributed by atoms with Crippen molar-refractivity contribution in [2.45, 2.75) is 19.8 Å². The van der Waals surface area contributed by atoms with E-state index in [4.69, 9.17) is 4.74 Å². The van der Waals surface area contributed by atoms with Gasteiger partial charge in [-0.2, -0.15) is 23.4 Å². The van der Waals surface area contributed by atoms with Crippen molar-refractivity contribution >= 4 is 33.2 Å². The number of alkyl halides is 3. The standard InChI is InChI=1S/C19H14BrF3N6O2/c1-11-6-16(19(21,22)23)29-17(25-11)7-15(27-29)18(30)26-13-8-24-28(9-13)10-31-14-4-2-12(20)3-5-14/h2-9H,10H2,1H3,(H,26,30). The number of carbonyl (C=O) groups is 1. The average Bonchev–Trinajstić information content (AvgIpc) is 3.33. The molecule has 3 aromatic heterocycles. The molecule has 1 amide bonds. The first-order chi connectivity index (χ1) is 14.7. The van der Waals surface area contributed by atoms with Crippen LogP contribution in [-0.4, -0.2) is 30.3 Å². The van der Waals surface area contributed by atoms with E-state index in [0.717, 1.165) is 10.5 Å². The number of ether oxygens (including phenoxy) is 1. The molecule has 1 aromatic carbocycles. The third kappa shape index (κ3) is 4.68. The summed E-state index contributed by atoms with van der Waals surface area (Å²) in [5, 5.41) is 10.4. The van der Waals surface area contributed by atoms with Crippen LogP contribution in [0.5, 0.6) is 5.75 Å². The Morgan fingerprint density at radius 2 is 1.97 bits per heavy atom. The number of aromatic nitrogens is 5. The van der Waals surface area contributed by atoms with E-state index in [-0.39, 0.29) is 23.8 Å². The van der Waals surface area contributed by atoms with E-state index in [9.17, 15) is 18.0 Å². The fraction of sp³-hybridized carbons (Fsp3) is 0.158. The van der Waals surface area contributed by atoms with Crippen molar-refractivity contribution in [3.8, 4) is 5.75 Å². The summed E-state index contributed by atoms with van der Waals surface area (Å²) < 4.78 is 48.3. The first kappa shape index (κ1) is 20.8. The lowest BCUT2D eigenvalue weighted by Crippen LogP contribution is -2.15. The van der Waals surface area contributed by atoms with Gasteiger partial charge in [-0.25, -0.2) is 14.2 Å². The van der Waals surface area contributed by atoms with Crippen molar-refractivity contribution < 1.29 is 22.7 Å². The monoisotopic (exact) mass is 494 g/mol. The molecule has 0 atom stereocenters. The third-order valence-corrected chi connectivity index (χ3v) is 4.68. The smallest absolute Gasteiger partial charge is 0.433 e. The number of fused-ring (bicyclic) bond motifs is 1. The maximum atomic E-state index is 13.3. The maximum absolute atomic E-state index is 13.3. The van der Waals surface area contributed by atoms with Crippen molar-refractivity contribution in [2.24, 2.45) is 0 Å². The van der Waals surface area contributed by atoms with Gasteiger partial charge >= 0.3 is 6.18 Å². The Balaban J connectivity index is 1.47. The van der Waals surface area contributed by atoms with E-state index < -0.39 is 17.8 Å². The lowest BCUT2D eigenvalue weighted by atomic mass is 10.3. The van der Waals surface area contributed by atoms with Gasteiger partial charge < -0.3 is 10.1 Å². The maximum Gasteiger partial charge on any atom is 0.433 e. The quantitative estimate of drug-likeness (QED) is 0.446. The van der Waals surface area contributed by atoms with Crippen molar-refractivity contribution in [2.75, 3.05) is 5.32 Å². The second kappa shape index (κ2) is 8.02. The van der Waals surface area contributed by atoms with E-state index in [2.05, 4.69) is 36.4 Å². The molecule has 3 heterocycles. The summed E-state index contributed by atoms with van der Waals surface area (Å²) in [6, 6.07) is 9.30. The van der Waals surface area contributed by atoms with Gasteiger partial charge in [-0.15, -0.1) is 0 Å². The molecule has 0 aliphatic carbocycles. The normalized spacial score (nSPS) is 11.6. The van der Waals surface area contributed by atoms with Gasteiger partial charge in [0.1, 0.15) is 11.4 Å². The van der Waals surface area contributed by atoms with Crippen LogP contribution in [0, 0.1) is 6.92 Å². The van der Waals surface area contributed by atoms with Gasteiger partial charge in [-0.1, -0.05) is 15.9 Å². The van der Waals surface area contributed by atoms with E-state index in [1.54, 1.807) is 12.1 Å². The molecule has 12 heteroatoms. The van der Waals surface area contributed by atoms with Crippen LogP contribution in [0.3, 0.4) is 0 Å². The predicted octanol–water partition coefficient (Wildman–Crippen LogP) is 4.30. The van der Waals surface area contributed by atoms with E-state index in [0.29, 0.717) is 16.0 Å². The number of benzene rings is 1. The summed E-state index contributed by atoms with van der Waals surface area (Å²) in [4.78, 5) is 16.5. The van der Waals surface area contributed by atoms with Crippen LogP contribution in [0.4, 0.5) is 18.9 Å². The molecule has 8 nitrogen and oxygen atoms in total. The van der Waals surface area contributed by atoms with Gasteiger partial charge in [-0.3, -0.25) is 4.79 Å². The zero-order chi connectivity index (χ0) is 22.2. The van der Waals surface area contributed by atoms with Gasteiger partial charge in [0.15, 0.2) is 18.1 Å². The number of aryl methyl sites for hydroxylation is 1. The fourth-order valence-electron chi connectivity index (χ4n) is 2.78. The van der Waals surface area contributed by atoms with Gasteiger partial charge in [0.2, 0.25) is 0 Å². The third-order valence-electron chi connectivity index (χ3n) is 4.15. The summed E-state index contributed by atoms with van der Waals surface area (Å²) in [5.74, 6) is -0.0538. The Labute approximate surface area is 181 Å². The molecule has 4 rings (SSSR count). The van der Waals surface area contributed by atoms with Gasteiger partial charge in [0.25, 0.3) is 5.91 Å². The number of hydrogen-bond donors (Lipinski definition) is 1. The van der Waals surface area contributed by atoms with Gasteiger partial charge in [-0.05, 0) is 37.3 Å². The minimum Gasteiger partial charge on any atom is -0.471 e. The van der Waals surface area contributed by atoms with Crippen LogP contribution in [0.1, 0.15) is 21.9 Å². The number of nitrogens with zero attached hydrogens (tertiary/aromatic N) is 5. The molecule has 160 valence electrons. The second-order valence-electron chi connectivity index (χ2n) is 6.53. The van der Waals surface area contributed by atoms with E-state index in [1.165, 1.54) is 30.1 Å². The Hall–Kier alpha value is -3.41. The molecule has 0 bridgehead atoms. The molecule has 0 radical (unpaired) electrons. The topological polar surface area (TPSA) is 86.3 Å². The summed E-state index contributed by atoms with van der Waals surface area (Å²) in [6.45, 7) is 1.54. The zero-order valence-corrected chi connectivity index (χ0v) is 17.5. The van der Waals surface area contributed by atoms with E-state index in [1.807, 2.05) is 12.1 Å². The minimum absolute atomic E-state index is 0.0731. The second-order valence-corrected chi connectivity index (χ2v) is 7.45. The Kier molecular flexibility index (Phi) is 5.39. The first-order valence-corrected chi connectivity index (χ1v) is 9.65. The summed E-state index contributed by atoms with van der Waals surface area (Å²) in [5.41, 5.74) is -0.786. The van der Waals surface area contributed by atoms with Crippen molar-refractivity contribution in [3.63, 3.8) is 0 Å². The number of amides is 1. The van der Waals surface area contributed by atoms with Crippen LogP contribution in [0.15, 0.2) is 53.3 Å². The lowest BCUT2D eigenvalue weighted by molar-refractivity contribution is -0.142. The molecular formula is C19H14BrF3N6O2. The number of hydrogen-bond acceptors (Lipinski definition) is 5. The predicted molar refractivity (Wildman–Crippen MR) is 108 cm³/mol. The first-order valence-electron chi connectivity index (χ1n) is 8.86. The molecule has 0 aliphatic heterocycles. The van der Waals surface area contributed by atoms with Crippen LogP contribution in [0.25, 0.3) is 5.65 Å². The highest BCUT2D eigenvalue weighted by atomic mass is 79.9. The molecule has 1 N–H and O–H groups in total. The highest BCUT2D eigenvalue weighted by Gasteiger charge is 2.35. The number of carbonyl (C=O) groups excluding carboxylic acids is 1. The van der Waals surface area contributed by atoms with Crippen LogP contribution >= 0.6 is 15.9 Å². The van der Waals surface area contributed by atoms with Gasteiger partial charge in [0, 0.05) is 16.2 Å². The molecule has 0 fully saturated rings.